The number of thioether (sulfide) groups is 1. The molecule has 1 fully saturated rings. The third-order valence-electron chi connectivity index (χ3n) is 3.71. The number of carboxylic acid groups (broad SMARTS) is 1. The summed E-state index contributed by atoms with van der Waals surface area (Å²) in [5, 5.41) is 20.1. The number of ether oxygens (including phenoxy) is 1. The summed E-state index contributed by atoms with van der Waals surface area (Å²) in [6.45, 7) is 3.50. The number of amides is 1. The number of rotatable bonds is 7. The van der Waals surface area contributed by atoms with Crippen LogP contribution in [-0.4, -0.2) is 51.7 Å². The van der Waals surface area contributed by atoms with Crippen LogP contribution in [0.4, 0.5) is 0 Å². The summed E-state index contributed by atoms with van der Waals surface area (Å²) in [5.74, 6) is -2.02. The fraction of sp³-hybridized carbons (Fsp3) is 0.500. The van der Waals surface area contributed by atoms with E-state index in [0.29, 0.717) is 17.8 Å². The van der Waals surface area contributed by atoms with Gasteiger partial charge in [-0.2, -0.15) is 0 Å². The summed E-state index contributed by atoms with van der Waals surface area (Å²) < 4.78 is 4.82. The van der Waals surface area contributed by atoms with E-state index in [1.54, 1.807) is 19.3 Å². The summed E-state index contributed by atoms with van der Waals surface area (Å²) in [7, 11) is 0. The molecule has 2 heterocycles. The normalized spacial score (nSPS) is 26.7. The Morgan fingerprint density at radius 3 is 2.73 bits per heavy atom. The lowest BCUT2D eigenvalue weighted by atomic mass is 9.83. The van der Waals surface area contributed by atoms with Crippen molar-refractivity contribution in [2.24, 2.45) is 5.92 Å². The Hall–Kier alpha value is -1.80. The Kier molecular flexibility index (Phi) is 4.92. The van der Waals surface area contributed by atoms with Crippen molar-refractivity contribution in [3.05, 3.63) is 22.1 Å². The summed E-state index contributed by atoms with van der Waals surface area (Å²) >= 11 is 1.18. The topological polar surface area (TPSA) is 104 Å². The van der Waals surface area contributed by atoms with Crippen LogP contribution in [0.5, 0.6) is 0 Å². The number of hydrogen-bond acceptors (Lipinski definition) is 6. The monoisotopic (exact) mass is 327 g/mol. The second-order valence-corrected chi connectivity index (χ2v) is 6.21. The quantitative estimate of drug-likeness (QED) is 0.524. The van der Waals surface area contributed by atoms with Crippen LogP contribution in [0.25, 0.3) is 0 Å². The number of aliphatic hydroxyl groups is 1. The van der Waals surface area contributed by atoms with Crippen molar-refractivity contribution >= 4 is 30.1 Å². The van der Waals surface area contributed by atoms with Crippen molar-refractivity contribution in [1.29, 1.82) is 0 Å². The Bertz CT molecular complexity index is 556. The zero-order valence-electron chi connectivity index (χ0n) is 12.1. The minimum absolute atomic E-state index is 0.0233. The van der Waals surface area contributed by atoms with Gasteiger partial charge in [0.1, 0.15) is 11.8 Å². The van der Waals surface area contributed by atoms with Gasteiger partial charge in [0.2, 0.25) is 5.91 Å². The van der Waals surface area contributed by atoms with Gasteiger partial charge in [-0.15, -0.1) is 11.8 Å². The number of nitrogens with zero attached hydrogens (tertiary/aromatic N) is 1. The summed E-state index contributed by atoms with van der Waals surface area (Å²) in [5.41, 5.74) is -0.0233. The molecule has 8 heteroatoms. The zero-order valence-corrected chi connectivity index (χ0v) is 12.9. The molecule has 0 aliphatic carbocycles. The van der Waals surface area contributed by atoms with Crippen LogP contribution < -0.4 is 0 Å². The lowest BCUT2D eigenvalue weighted by molar-refractivity contribution is -0.165. The lowest BCUT2D eigenvalue weighted by Crippen LogP contribution is -2.62. The molecule has 0 bridgehead atoms. The molecule has 1 saturated heterocycles. The van der Waals surface area contributed by atoms with Crippen molar-refractivity contribution in [3.63, 3.8) is 0 Å². The molecule has 0 aromatic carbocycles. The summed E-state index contributed by atoms with van der Waals surface area (Å²) in [4.78, 5) is 35.8. The predicted molar refractivity (Wildman–Crippen MR) is 78.4 cm³/mol. The molecule has 2 aliphatic heterocycles. The summed E-state index contributed by atoms with van der Waals surface area (Å²) in [6, 6.07) is -0.295. The number of hydrogen-bond donors (Lipinski definition) is 2. The molecule has 1 unspecified atom stereocenters. The summed E-state index contributed by atoms with van der Waals surface area (Å²) in [6.07, 6.45) is 0.720. The maximum atomic E-state index is 12.2. The average molecular weight is 327 g/mol. The van der Waals surface area contributed by atoms with Gasteiger partial charge in [-0.3, -0.25) is 9.59 Å². The number of aliphatic hydroxyl groups excluding tert-OH is 1. The third-order valence-corrected chi connectivity index (χ3v) is 4.65. The number of aliphatic carboxylic acids is 1. The molecular weight excluding hydrogens is 310 g/mol. The fourth-order valence-corrected chi connectivity index (χ4v) is 3.76. The van der Waals surface area contributed by atoms with Gasteiger partial charge < -0.3 is 19.8 Å². The van der Waals surface area contributed by atoms with E-state index in [1.165, 1.54) is 22.7 Å². The molecule has 2 aliphatic rings. The highest BCUT2D eigenvalue weighted by Crippen LogP contribution is 2.47. The molecule has 22 heavy (non-hydrogen) atoms. The lowest BCUT2D eigenvalue weighted by Gasteiger charge is -2.45. The van der Waals surface area contributed by atoms with Crippen molar-refractivity contribution in [2.45, 2.75) is 38.5 Å². The third kappa shape index (κ3) is 2.89. The zero-order chi connectivity index (χ0) is 16.4. The second-order valence-electron chi connectivity index (χ2n) is 5.21. The van der Waals surface area contributed by atoms with Crippen LogP contribution in [-0.2, 0) is 19.1 Å². The van der Waals surface area contributed by atoms with Gasteiger partial charge in [0.15, 0.2) is 0 Å². The molecule has 2 rings (SSSR count). The van der Waals surface area contributed by atoms with Gasteiger partial charge in [-0.05, 0) is 25.3 Å². The molecule has 0 aromatic rings. The first-order valence-corrected chi connectivity index (χ1v) is 7.66. The molecule has 4 atom stereocenters. The SMILES string of the molecule is CC(O)/C=C/SC1=C(C(=O)O)N2C(=O)[C@H]([C@@H](C)OC=O)[C@H]2C1. The smallest absolute Gasteiger partial charge is 0.353 e. The average Bonchev–Trinajstić information content (AvgIpc) is 2.73. The van der Waals surface area contributed by atoms with Gasteiger partial charge in [0, 0.05) is 11.3 Å². The first-order chi connectivity index (χ1) is 10.4. The van der Waals surface area contributed by atoms with Crippen LogP contribution >= 0.6 is 11.8 Å². The Balaban J connectivity index is 2.17. The highest BCUT2D eigenvalue weighted by Gasteiger charge is 2.57. The number of fused-ring (bicyclic) bond motifs is 1. The predicted octanol–water partition coefficient (Wildman–Crippen LogP) is 0.702. The molecule has 2 N–H and O–H groups in total. The van der Waals surface area contributed by atoms with Crippen LogP contribution in [0.3, 0.4) is 0 Å². The van der Waals surface area contributed by atoms with E-state index >= 15 is 0 Å². The van der Waals surface area contributed by atoms with Gasteiger partial charge >= 0.3 is 5.97 Å². The van der Waals surface area contributed by atoms with E-state index in [4.69, 9.17) is 4.74 Å². The standard InChI is InChI=1S/C14H17NO6S/c1-7(17)3-4-22-10-5-9-11(8(2)21-6-16)13(18)15(9)12(10)14(19)20/h3-4,6-9,11,17H,5H2,1-2H3,(H,19,20)/b4-3+/t7?,8-,9-,11-/m1/s1. The van der Waals surface area contributed by atoms with Crippen molar-refractivity contribution in [2.75, 3.05) is 0 Å². The Labute approximate surface area is 131 Å². The van der Waals surface area contributed by atoms with Crippen molar-refractivity contribution in [1.82, 2.24) is 4.90 Å². The highest BCUT2D eigenvalue weighted by molar-refractivity contribution is 8.05. The second kappa shape index (κ2) is 6.53. The van der Waals surface area contributed by atoms with Gasteiger partial charge in [0.25, 0.3) is 6.47 Å². The Morgan fingerprint density at radius 2 is 2.18 bits per heavy atom. The molecule has 0 spiro atoms. The molecule has 0 aromatic heterocycles. The number of carboxylic acids is 1. The first kappa shape index (κ1) is 16.6. The first-order valence-electron chi connectivity index (χ1n) is 6.78. The van der Waals surface area contributed by atoms with Crippen LogP contribution in [0.2, 0.25) is 0 Å². The molecule has 1 amide bonds. The Morgan fingerprint density at radius 1 is 1.50 bits per heavy atom. The minimum Gasteiger partial charge on any atom is -0.477 e. The van der Waals surface area contributed by atoms with E-state index < -0.39 is 24.1 Å². The van der Waals surface area contributed by atoms with Crippen molar-refractivity contribution in [3.8, 4) is 0 Å². The van der Waals surface area contributed by atoms with E-state index in [0.717, 1.165) is 0 Å². The van der Waals surface area contributed by atoms with Crippen molar-refractivity contribution < 1.29 is 29.3 Å². The molecule has 7 nitrogen and oxygen atoms in total. The van der Waals surface area contributed by atoms with Crippen LogP contribution in [0, 0.1) is 5.92 Å². The minimum atomic E-state index is -1.16. The van der Waals surface area contributed by atoms with Crippen LogP contribution in [0.15, 0.2) is 22.1 Å². The fourth-order valence-electron chi connectivity index (χ4n) is 2.73. The van der Waals surface area contributed by atoms with Gasteiger partial charge in [-0.25, -0.2) is 4.79 Å². The maximum absolute atomic E-state index is 12.2. The molecule has 0 radical (unpaired) electrons. The van der Waals surface area contributed by atoms with Crippen LogP contribution in [0.1, 0.15) is 20.3 Å². The van der Waals surface area contributed by atoms with E-state index in [1.807, 2.05) is 0 Å². The highest BCUT2D eigenvalue weighted by atomic mass is 32.2. The number of carbonyl (C=O) groups is 3. The molecule has 120 valence electrons. The largest absolute Gasteiger partial charge is 0.477 e. The maximum Gasteiger partial charge on any atom is 0.353 e. The van der Waals surface area contributed by atoms with E-state index in [-0.39, 0.29) is 17.6 Å². The molecule has 0 saturated carbocycles. The number of β-lactam (4-membered cyclic amide) rings is 1. The van der Waals surface area contributed by atoms with Gasteiger partial charge in [-0.1, -0.05) is 0 Å². The molecular formula is C14H17NO6S. The number of carbonyl (C=O) groups excluding carboxylic acids is 2. The van der Waals surface area contributed by atoms with E-state index in [9.17, 15) is 24.6 Å². The van der Waals surface area contributed by atoms with E-state index in [2.05, 4.69) is 0 Å². The van der Waals surface area contributed by atoms with Gasteiger partial charge in [0.05, 0.1) is 18.1 Å².